The van der Waals surface area contributed by atoms with Crippen LogP contribution in [0.1, 0.15) is 14.5 Å². The van der Waals surface area contributed by atoms with Crippen molar-refractivity contribution in [3.05, 3.63) is 21.9 Å². The summed E-state index contributed by atoms with van der Waals surface area (Å²) >= 11 is 1.20. The van der Waals surface area contributed by atoms with Crippen molar-refractivity contribution < 1.29 is 14.4 Å². The smallest absolute Gasteiger partial charge is 0.318 e. The number of nitrogens with one attached hydrogen (secondary N) is 1. The summed E-state index contributed by atoms with van der Waals surface area (Å²) in [4.78, 5) is 38.2. The van der Waals surface area contributed by atoms with Gasteiger partial charge in [-0.3, -0.25) is 19.9 Å². The molecule has 0 saturated carbocycles. The van der Waals surface area contributed by atoms with E-state index in [1.165, 1.54) is 16.2 Å². The number of nitrogens with zero attached hydrogens (tertiary/aromatic N) is 2. The lowest BCUT2D eigenvalue weighted by Crippen LogP contribution is -2.30. The first-order chi connectivity index (χ1) is 8.52. The summed E-state index contributed by atoms with van der Waals surface area (Å²) in [7, 11) is 1.57. The molecule has 1 aromatic heterocycles. The zero-order chi connectivity index (χ0) is 13.3. The molecule has 1 saturated heterocycles. The third kappa shape index (κ3) is 2.20. The zero-order valence-electron chi connectivity index (χ0n) is 9.67. The van der Waals surface area contributed by atoms with Crippen LogP contribution >= 0.6 is 11.3 Å². The molecule has 0 unspecified atom stereocenters. The number of hydrazine groups is 1. The van der Waals surface area contributed by atoms with Crippen LogP contribution in [0.3, 0.4) is 0 Å². The van der Waals surface area contributed by atoms with E-state index in [2.05, 4.69) is 0 Å². The summed E-state index contributed by atoms with van der Waals surface area (Å²) < 4.78 is 0. The maximum absolute atomic E-state index is 11.7. The van der Waals surface area contributed by atoms with Gasteiger partial charge in [0.2, 0.25) is 0 Å². The number of hydrogen-bond donors (Lipinski definition) is 2. The molecule has 2 rings (SSSR count). The van der Waals surface area contributed by atoms with Crippen molar-refractivity contribution in [1.29, 1.82) is 0 Å². The highest BCUT2D eigenvalue weighted by Gasteiger charge is 2.33. The highest BCUT2D eigenvalue weighted by atomic mass is 32.1. The van der Waals surface area contributed by atoms with Crippen LogP contribution in [-0.4, -0.2) is 41.2 Å². The molecule has 96 valence electrons. The molecule has 7 nitrogen and oxygen atoms in total. The molecular weight excluding hydrogens is 256 g/mol. The molecule has 1 aliphatic rings. The van der Waals surface area contributed by atoms with Crippen LogP contribution in [0.4, 0.5) is 4.79 Å². The average Bonchev–Trinajstić information content (AvgIpc) is 2.90. The maximum Gasteiger partial charge on any atom is 0.327 e. The minimum atomic E-state index is -0.387. The average molecular weight is 268 g/mol. The molecule has 0 aliphatic carbocycles. The number of imide groups is 1. The highest BCUT2D eigenvalue weighted by molar-refractivity contribution is 7.14. The van der Waals surface area contributed by atoms with Crippen LogP contribution in [0.2, 0.25) is 0 Å². The van der Waals surface area contributed by atoms with Crippen molar-refractivity contribution in [1.82, 2.24) is 15.2 Å². The number of hydrogen-bond acceptors (Lipinski definition) is 5. The van der Waals surface area contributed by atoms with E-state index in [9.17, 15) is 14.4 Å². The summed E-state index contributed by atoms with van der Waals surface area (Å²) in [5, 5.41) is 0. The SMILES string of the molecule is CN1CC(=O)N(Cc2ccc(C(=O)NN)s2)C1=O. The van der Waals surface area contributed by atoms with E-state index in [-0.39, 0.29) is 30.9 Å². The predicted molar refractivity (Wildman–Crippen MR) is 64.5 cm³/mol. The molecular formula is C10H12N4O3S. The van der Waals surface area contributed by atoms with Gasteiger partial charge >= 0.3 is 6.03 Å². The summed E-state index contributed by atoms with van der Waals surface area (Å²) in [6.45, 7) is 0.283. The second kappa shape index (κ2) is 4.75. The van der Waals surface area contributed by atoms with E-state index in [4.69, 9.17) is 5.84 Å². The number of urea groups is 1. The first-order valence-electron chi connectivity index (χ1n) is 5.18. The molecule has 0 aromatic carbocycles. The normalized spacial score (nSPS) is 15.4. The van der Waals surface area contributed by atoms with Crippen molar-refractivity contribution in [3.63, 3.8) is 0 Å². The van der Waals surface area contributed by atoms with Crippen LogP contribution in [0.15, 0.2) is 12.1 Å². The Hall–Kier alpha value is -1.93. The quantitative estimate of drug-likeness (QED) is 0.342. The Kier molecular flexibility index (Phi) is 3.30. The fourth-order valence-electron chi connectivity index (χ4n) is 1.64. The van der Waals surface area contributed by atoms with Crippen LogP contribution in [0.25, 0.3) is 0 Å². The Bertz CT molecular complexity index is 513. The fraction of sp³-hybridized carbons (Fsp3) is 0.300. The second-order valence-corrected chi connectivity index (χ2v) is 5.03. The lowest BCUT2D eigenvalue weighted by molar-refractivity contribution is -0.125. The van der Waals surface area contributed by atoms with Crippen molar-refractivity contribution in [3.8, 4) is 0 Å². The van der Waals surface area contributed by atoms with Gasteiger partial charge in [0.15, 0.2) is 0 Å². The Morgan fingerprint density at radius 2 is 2.22 bits per heavy atom. The Morgan fingerprint density at radius 3 is 2.78 bits per heavy atom. The van der Waals surface area contributed by atoms with E-state index < -0.39 is 0 Å². The summed E-state index contributed by atoms with van der Waals surface area (Å²) in [5.41, 5.74) is 2.03. The first kappa shape index (κ1) is 12.5. The number of amides is 4. The third-order valence-electron chi connectivity index (χ3n) is 2.56. The molecule has 2 heterocycles. The van der Waals surface area contributed by atoms with Crippen molar-refractivity contribution in [2.45, 2.75) is 6.54 Å². The second-order valence-electron chi connectivity index (χ2n) is 3.86. The monoisotopic (exact) mass is 268 g/mol. The minimum Gasteiger partial charge on any atom is -0.318 e. The van der Waals surface area contributed by atoms with Gasteiger partial charge < -0.3 is 4.90 Å². The highest BCUT2D eigenvalue weighted by Crippen LogP contribution is 2.20. The van der Waals surface area contributed by atoms with Gasteiger partial charge in [-0.15, -0.1) is 11.3 Å². The number of rotatable bonds is 3. The Balaban J connectivity index is 2.10. The topological polar surface area (TPSA) is 95.7 Å². The van der Waals surface area contributed by atoms with Crippen LogP contribution in [0, 0.1) is 0 Å². The molecule has 0 atom stereocenters. The van der Waals surface area contributed by atoms with Gasteiger partial charge in [-0.25, -0.2) is 10.6 Å². The van der Waals surface area contributed by atoms with Crippen molar-refractivity contribution in [2.24, 2.45) is 5.84 Å². The summed E-state index contributed by atoms with van der Waals surface area (Å²) in [6, 6.07) is 2.99. The molecule has 0 radical (unpaired) electrons. The van der Waals surface area contributed by atoms with Gasteiger partial charge in [0.05, 0.1) is 11.4 Å². The van der Waals surface area contributed by atoms with Gasteiger partial charge in [-0.05, 0) is 12.1 Å². The van der Waals surface area contributed by atoms with E-state index in [0.717, 1.165) is 9.78 Å². The molecule has 1 aliphatic heterocycles. The minimum absolute atomic E-state index is 0.0976. The molecule has 3 N–H and O–H groups in total. The molecule has 1 aromatic rings. The van der Waals surface area contributed by atoms with E-state index in [1.54, 1.807) is 19.2 Å². The van der Waals surface area contributed by atoms with Gasteiger partial charge in [-0.1, -0.05) is 0 Å². The fourth-order valence-corrected chi connectivity index (χ4v) is 2.54. The summed E-state index contributed by atoms with van der Waals surface area (Å²) in [6.07, 6.45) is 0. The van der Waals surface area contributed by atoms with Crippen molar-refractivity contribution in [2.75, 3.05) is 13.6 Å². The number of carbonyl (C=O) groups excluding carboxylic acids is 3. The van der Waals surface area contributed by atoms with Crippen LogP contribution in [-0.2, 0) is 11.3 Å². The number of nitrogen functional groups attached to an aromatic ring is 1. The van der Waals surface area contributed by atoms with E-state index in [0.29, 0.717) is 4.88 Å². The number of likely N-dealkylation sites (N-methyl/N-ethyl adjacent to an activating group) is 1. The lowest BCUT2D eigenvalue weighted by atomic mass is 10.4. The van der Waals surface area contributed by atoms with Gasteiger partial charge in [0.25, 0.3) is 11.8 Å². The standard InChI is InChI=1S/C10H12N4O3S/c1-13-5-8(15)14(10(13)17)4-6-2-3-7(18-6)9(16)12-11/h2-3H,4-5,11H2,1H3,(H,12,16). The number of nitrogens with two attached hydrogens (primary N) is 1. The van der Waals surface area contributed by atoms with E-state index in [1.807, 2.05) is 5.43 Å². The van der Waals surface area contributed by atoms with E-state index >= 15 is 0 Å². The zero-order valence-corrected chi connectivity index (χ0v) is 10.5. The predicted octanol–water partition coefficient (Wildman–Crippen LogP) is -0.254. The molecule has 0 bridgehead atoms. The maximum atomic E-state index is 11.7. The van der Waals surface area contributed by atoms with Crippen LogP contribution in [0.5, 0.6) is 0 Å². The van der Waals surface area contributed by atoms with Gasteiger partial charge in [-0.2, -0.15) is 0 Å². The molecule has 8 heteroatoms. The third-order valence-corrected chi connectivity index (χ3v) is 3.63. The Labute approximate surface area is 107 Å². The number of carbonyl (C=O) groups is 3. The number of thiophene rings is 1. The Morgan fingerprint density at radius 1 is 1.50 bits per heavy atom. The molecule has 1 fully saturated rings. The first-order valence-corrected chi connectivity index (χ1v) is 5.99. The van der Waals surface area contributed by atoms with Crippen molar-refractivity contribution >= 4 is 29.2 Å². The lowest BCUT2D eigenvalue weighted by Gasteiger charge is -2.12. The summed E-state index contributed by atoms with van der Waals surface area (Å²) in [5.74, 6) is 4.40. The van der Waals surface area contributed by atoms with Crippen LogP contribution < -0.4 is 11.3 Å². The van der Waals surface area contributed by atoms with Gasteiger partial charge in [0.1, 0.15) is 6.54 Å². The molecule has 18 heavy (non-hydrogen) atoms. The largest absolute Gasteiger partial charge is 0.327 e. The molecule has 4 amide bonds. The van der Waals surface area contributed by atoms with Gasteiger partial charge in [0, 0.05) is 11.9 Å². The molecule has 0 spiro atoms.